The molecule has 5 nitrogen and oxygen atoms in total. The SMILES string of the molecule is COc1ccc(NS(=O)(=O)c2ccc(Cl)c(C#N)c2)cc1F. The lowest BCUT2D eigenvalue weighted by atomic mass is 10.2. The van der Waals surface area contributed by atoms with E-state index in [1.54, 1.807) is 6.07 Å². The first kappa shape index (κ1) is 16.1. The Balaban J connectivity index is 2.36. The van der Waals surface area contributed by atoms with Crippen molar-refractivity contribution in [2.75, 3.05) is 11.8 Å². The third kappa shape index (κ3) is 3.30. The van der Waals surface area contributed by atoms with E-state index in [1.165, 1.54) is 31.4 Å². The van der Waals surface area contributed by atoms with Crippen molar-refractivity contribution >= 4 is 27.3 Å². The van der Waals surface area contributed by atoms with Crippen LogP contribution in [0.1, 0.15) is 5.56 Å². The molecule has 0 amide bonds. The largest absolute Gasteiger partial charge is 0.494 e. The van der Waals surface area contributed by atoms with Gasteiger partial charge in [-0.2, -0.15) is 5.26 Å². The van der Waals surface area contributed by atoms with E-state index in [2.05, 4.69) is 4.72 Å². The lowest BCUT2D eigenvalue weighted by Gasteiger charge is -2.10. The van der Waals surface area contributed by atoms with Crippen molar-refractivity contribution in [3.05, 3.63) is 52.8 Å². The number of halogens is 2. The van der Waals surface area contributed by atoms with E-state index in [0.29, 0.717) is 0 Å². The van der Waals surface area contributed by atoms with Crippen molar-refractivity contribution in [1.29, 1.82) is 5.26 Å². The van der Waals surface area contributed by atoms with Crippen LogP contribution in [0.5, 0.6) is 5.75 Å². The van der Waals surface area contributed by atoms with Gasteiger partial charge in [0, 0.05) is 6.07 Å². The van der Waals surface area contributed by atoms with Crippen LogP contribution in [0.15, 0.2) is 41.3 Å². The fourth-order valence-corrected chi connectivity index (χ4v) is 2.94. The van der Waals surface area contributed by atoms with Crippen molar-refractivity contribution in [2.45, 2.75) is 4.90 Å². The maximum Gasteiger partial charge on any atom is 0.261 e. The summed E-state index contributed by atoms with van der Waals surface area (Å²) in [7, 11) is -2.66. The van der Waals surface area contributed by atoms with E-state index in [4.69, 9.17) is 21.6 Å². The molecule has 22 heavy (non-hydrogen) atoms. The fourth-order valence-electron chi connectivity index (χ4n) is 1.70. The highest BCUT2D eigenvalue weighted by molar-refractivity contribution is 7.92. The molecule has 2 rings (SSSR count). The monoisotopic (exact) mass is 340 g/mol. The van der Waals surface area contributed by atoms with Crippen LogP contribution < -0.4 is 9.46 Å². The summed E-state index contributed by atoms with van der Waals surface area (Å²) in [5.41, 5.74) is 0.0669. The molecule has 114 valence electrons. The molecule has 0 unspecified atom stereocenters. The Labute approximate surface area is 132 Å². The topological polar surface area (TPSA) is 79.2 Å². The number of nitrogens with zero attached hydrogens (tertiary/aromatic N) is 1. The summed E-state index contributed by atoms with van der Waals surface area (Å²) in [6, 6.07) is 9.16. The van der Waals surface area contributed by atoms with Gasteiger partial charge < -0.3 is 4.74 Å². The van der Waals surface area contributed by atoms with Crippen molar-refractivity contribution in [3.63, 3.8) is 0 Å². The summed E-state index contributed by atoms with van der Waals surface area (Å²) in [6.07, 6.45) is 0. The quantitative estimate of drug-likeness (QED) is 0.927. The first-order valence-corrected chi connectivity index (χ1v) is 7.79. The van der Waals surface area contributed by atoms with Gasteiger partial charge in [0.05, 0.1) is 28.3 Å². The molecule has 0 heterocycles. The van der Waals surface area contributed by atoms with Gasteiger partial charge in [0.2, 0.25) is 0 Å². The molecule has 0 radical (unpaired) electrons. The first-order valence-electron chi connectivity index (χ1n) is 5.93. The highest BCUT2D eigenvalue weighted by atomic mass is 35.5. The minimum atomic E-state index is -3.97. The summed E-state index contributed by atoms with van der Waals surface area (Å²) in [4.78, 5) is -0.148. The number of anilines is 1. The van der Waals surface area contributed by atoms with Crippen LogP contribution in [0, 0.1) is 17.1 Å². The smallest absolute Gasteiger partial charge is 0.261 e. The normalized spacial score (nSPS) is 10.8. The average Bonchev–Trinajstić information content (AvgIpc) is 2.47. The van der Waals surface area contributed by atoms with E-state index in [9.17, 15) is 12.8 Å². The Morgan fingerprint density at radius 1 is 1.27 bits per heavy atom. The molecule has 0 spiro atoms. The zero-order chi connectivity index (χ0) is 16.3. The average molecular weight is 341 g/mol. The summed E-state index contributed by atoms with van der Waals surface area (Å²) >= 11 is 5.76. The van der Waals surface area contributed by atoms with Crippen molar-refractivity contribution in [1.82, 2.24) is 0 Å². The van der Waals surface area contributed by atoms with Crippen LogP contribution in [-0.4, -0.2) is 15.5 Å². The van der Waals surface area contributed by atoms with Crippen molar-refractivity contribution in [2.24, 2.45) is 0 Å². The van der Waals surface area contributed by atoms with Gasteiger partial charge in [-0.05, 0) is 30.3 Å². The number of hydrogen-bond donors (Lipinski definition) is 1. The van der Waals surface area contributed by atoms with E-state index in [-0.39, 0.29) is 26.9 Å². The predicted octanol–water partition coefficient (Wildman–Crippen LogP) is 3.16. The lowest BCUT2D eigenvalue weighted by Crippen LogP contribution is -2.13. The number of benzene rings is 2. The molecule has 2 aromatic rings. The Morgan fingerprint density at radius 3 is 2.59 bits per heavy atom. The van der Waals surface area contributed by atoms with Crippen molar-refractivity contribution in [3.8, 4) is 11.8 Å². The standard InChI is InChI=1S/C14H10ClFN2O3S/c1-21-14-5-2-10(7-13(14)16)18-22(19,20)11-3-4-12(15)9(6-11)8-17/h2-7,18H,1H3. The molecule has 0 saturated heterocycles. The van der Waals surface area contributed by atoms with Crippen molar-refractivity contribution < 1.29 is 17.5 Å². The number of nitrogens with one attached hydrogen (secondary N) is 1. The molecule has 0 aliphatic heterocycles. The Hall–Kier alpha value is -2.30. The van der Waals surface area contributed by atoms with E-state index >= 15 is 0 Å². The van der Waals surface area contributed by atoms with Gasteiger partial charge in [0.15, 0.2) is 11.6 Å². The summed E-state index contributed by atoms with van der Waals surface area (Å²) in [6.45, 7) is 0. The maximum absolute atomic E-state index is 13.6. The molecule has 2 aromatic carbocycles. The molecular formula is C14H10ClFN2O3S. The van der Waals surface area contributed by atoms with Gasteiger partial charge in [0.25, 0.3) is 10.0 Å². The Kier molecular flexibility index (Phi) is 4.54. The van der Waals surface area contributed by atoms with Crippen LogP contribution in [0.25, 0.3) is 0 Å². The molecule has 0 aromatic heterocycles. The second-order valence-corrected chi connectivity index (χ2v) is 6.30. The van der Waals surface area contributed by atoms with Crippen LogP contribution in [0.3, 0.4) is 0 Å². The summed E-state index contributed by atoms with van der Waals surface area (Å²) < 4.78 is 45.0. The molecule has 8 heteroatoms. The summed E-state index contributed by atoms with van der Waals surface area (Å²) in [5.74, 6) is -0.697. The van der Waals surface area contributed by atoms with Gasteiger partial charge in [-0.15, -0.1) is 0 Å². The van der Waals surface area contributed by atoms with Crippen LogP contribution in [-0.2, 0) is 10.0 Å². The molecule has 0 atom stereocenters. The lowest BCUT2D eigenvalue weighted by molar-refractivity contribution is 0.386. The summed E-state index contributed by atoms with van der Waals surface area (Å²) in [5, 5.41) is 9.03. The molecule has 0 aliphatic carbocycles. The van der Waals surface area contributed by atoms with Crippen LogP contribution in [0.4, 0.5) is 10.1 Å². The fraction of sp³-hybridized carbons (Fsp3) is 0.0714. The highest BCUT2D eigenvalue weighted by Gasteiger charge is 2.17. The number of ether oxygens (including phenoxy) is 1. The Morgan fingerprint density at radius 2 is 2.00 bits per heavy atom. The molecule has 1 N–H and O–H groups in total. The highest BCUT2D eigenvalue weighted by Crippen LogP contribution is 2.24. The molecule has 0 bridgehead atoms. The second-order valence-electron chi connectivity index (χ2n) is 4.21. The number of rotatable bonds is 4. The van der Waals surface area contributed by atoms with Crippen LogP contribution in [0.2, 0.25) is 5.02 Å². The molecular weight excluding hydrogens is 331 g/mol. The number of hydrogen-bond acceptors (Lipinski definition) is 4. The van der Waals surface area contributed by atoms with E-state index < -0.39 is 15.8 Å². The molecule has 0 aliphatic rings. The maximum atomic E-state index is 13.6. The third-order valence-corrected chi connectivity index (χ3v) is 4.48. The first-order chi connectivity index (χ1) is 10.4. The van der Waals surface area contributed by atoms with E-state index in [1.807, 2.05) is 0 Å². The number of nitriles is 1. The minimum Gasteiger partial charge on any atom is -0.494 e. The van der Waals surface area contributed by atoms with Crippen LogP contribution >= 0.6 is 11.6 Å². The van der Waals surface area contributed by atoms with Gasteiger partial charge in [0.1, 0.15) is 6.07 Å². The number of sulfonamides is 1. The third-order valence-electron chi connectivity index (χ3n) is 2.77. The van der Waals surface area contributed by atoms with Gasteiger partial charge >= 0.3 is 0 Å². The Bertz CT molecular complexity index is 863. The zero-order valence-corrected chi connectivity index (χ0v) is 12.9. The number of methoxy groups -OCH3 is 1. The molecule has 0 saturated carbocycles. The zero-order valence-electron chi connectivity index (χ0n) is 11.3. The minimum absolute atomic E-state index is 0.00112. The van der Waals surface area contributed by atoms with Gasteiger partial charge in [-0.3, -0.25) is 4.72 Å². The molecule has 0 fully saturated rings. The van der Waals surface area contributed by atoms with Gasteiger partial charge in [-0.1, -0.05) is 11.6 Å². The predicted molar refractivity (Wildman–Crippen MR) is 79.9 cm³/mol. The van der Waals surface area contributed by atoms with E-state index in [0.717, 1.165) is 12.1 Å². The second kappa shape index (κ2) is 6.22. The van der Waals surface area contributed by atoms with Gasteiger partial charge in [-0.25, -0.2) is 12.8 Å².